The summed E-state index contributed by atoms with van der Waals surface area (Å²) < 4.78 is 14.4. The van der Waals surface area contributed by atoms with Crippen LogP contribution in [-0.4, -0.2) is 15.5 Å². The summed E-state index contributed by atoms with van der Waals surface area (Å²) in [7, 11) is 0. The number of para-hydroxylation sites is 1. The number of nitrogens with zero attached hydrogens (tertiary/aromatic N) is 2. The average Bonchev–Trinajstić information content (AvgIpc) is 2.60. The maximum atomic E-state index is 12.9. The predicted molar refractivity (Wildman–Crippen MR) is 95.0 cm³/mol. The second kappa shape index (κ2) is 7.25. The van der Waals surface area contributed by atoms with E-state index in [0.717, 1.165) is 0 Å². The van der Waals surface area contributed by atoms with E-state index >= 15 is 0 Å². The van der Waals surface area contributed by atoms with Crippen molar-refractivity contribution in [2.75, 3.05) is 5.32 Å². The number of aromatic nitrogens is 2. The number of anilines is 1. The number of carbonyl (C=O) groups excluding carboxylic acids is 1. The van der Waals surface area contributed by atoms with Gasteiger partial charge in [-0.05, 0) is 49.7 Å². The Morgan fingerprint density at radius 1 is 1.16 bits per heavy atom. The molecule has 3 aromatic rings. The van der Waals surface area contributed by atoms with E-state index in [4.69, 9.17) is 0 Å². The zero-order valence-corrected chi connectivity index (χ0v) is 13.8. The number of halogens is 1. The molecule has 0 aliphatic heterocycles. The van der Waals surface area contributed by atoms with E-state index in [2.05, 4.69) is 10.3 Å². The number of fused-ring (bicyclic) bond motifs is 1. The second-order valence-electron chi connectivity index (χ2n) is 5.79. The fourth-order valence-electron chi connectivity index (χ4n) is 2.70. The molecule has 0 atom stereocenters. The lowest BCUT2D eigenvalue weighted by Crippen LogP contribution is -2.24. The van der Waals surface area contributed by atoms with Crippen LogP contribution in [0.1, 0.15) is 18.7 Å². The number of benzene rings is 2. The highest BCUT2D eigenvalue weighted by Gasteiger charge is 2.09. The molecule has 0 aliphatic rings. The Hall–Kier alpha value is -3.02. The van der Waals surface area contributed by atoms with Crippen molar-refractivity contribution in [3.05, 3.63) is 70.5 Å². The van der Waals surface area contributed by atoms with Crippen molar-refractivity contribution >= 4 is 22.5 Å². The van der Waals surface area contributed by atoms with Gasteiger partial charge in [-0.3, -0.25) is 14.2 Å². The fraction of sp³-hybridized carbons (Fsp3) is 0.211. The van der Waals surface area contributed by atoms with Gasteiger partial charge in [0.05, 0.1) is 10.9 Å². The lowest BCUT2D eigenvalue weighted by atomic mass is 10.2. The van der Waals surface area contributed by atoms with Crippen LogP contribution in [0.4, 0.5) is 10.1 Å². The Kier molecular flexibility index (Phi) is 4.88. The van der Waals surface area contributed by atoms with Gasteiger partial charge in [0, 0.05) is 18.7 Å². The first kappa shape index (κ1) is 16.8. The molecular formula is C19H18FN3O2. The van der Waals surface area contributed by atoms with Crippen LogP contribution in [0, 0.1) is 12.7 Å². The second-order valence-corrected chi connectivity index (χ2v) is 5.79. The van der Waals surface area contributed by atoms with Crippen molar-refractivity contribution in [3.63, 3.8) is 0 Å². The van der Waals surface area contributed by atoms with Crippen LogP contribution in [0.3, 0.4) is 0 Å². The highest BCUT2D eigenvalue weighted by molar-refractivity contribution is 5.90. The van der Waals surface area contributed by atoms with Crippen molar-refractivity contribution in [3.8, 4) is 0 Å². The molecule has 0 saturated carbocycles. The Morgan fingerprint density at radius 3 is 2.64 bits per heavy atom. The molecule has 0 bridgehead atoms. The molecule has 0 spiro atoms. The molecule has 2 aromatic carbocycles. The summed E-state index contributed by atoms with van der Waals surface area (Å²) in [5.41, 5.74) is 1.13. The van der Waals surface area contributed by atoms with Gasteiger partial charge >= 0.3 is 0 Å². The van der Waals surface area contributed by atoms with Crippen molar-refractivity contribution in [2.45, 2.75) is 26.3 Å². The van der Waals surface area contributed by atoms with Gasteiger partial charge in [-0.25, -0.2) is 9.37 Å². The van der Waals surface area contributed by atoms with Crippen LogP contribution in [0.5, 0.6) is 0 Å². The van der Waals surface area contributed by atoms with Gasteiger partial charge in [0.2, 0.25) is 5.91 Å². The minimum absolute atomic E-state index is 0.0953. The molecule has 0 unspecified atom stereocenters. The summed E-state index contributed by atoms with van der Waals surface area (Å²) in [4.78, 5) is 28.9. The first-order valence-corrected chi connectivity index (χ1v) is 8.06. The number of rotatable bonds is 5. The van der Waals surface area contributed by atoms with Crippen LogP contribution in [0.15, 0.2) is 53.3 Å². The molecule has 1 amide bonds. The number of aryl methyl sites for hydroxylation is 1. The van der Waals surface area contributed by atoms with Crippen LogP contribution >= 0.6 is 0 Å². The molecular weight excluding hydrogens is 321 g/mol. The highest BCUT2D eigenvalue weighted by Crippen LogP contribution is 2.10. The number of carbonyl (C=O) groups is 1. The van der Waals surface area contributed by atoms with Gasteiger partial charge < -0.3 is 5.32 Å². The topological polar surface area (TPSA) is 64.0 Å². The minimum atomic E-state index is -0.350. The third-order valence-corrected chi connectivity index (χ3v) is 3.97. The lowest BCUT2D eigenvalue weighted by Gasteiger charge is -2.11. The fourth-order valence-corrected chi connectivity index (χ4v) is 2.70. The zero-order valence-electron chi connectivity index (χ0n) is 13.8. The molecule has 1 aromatic heterocycles. The van der Waals surface area contributed by atoms with Crippen LogP contribution in [0.25, 0.3) is 10.9 Å². The molecule has 0 saturated heterocycles. The first-order chi connectivity index (χ1) is 12.0. The quantitative estimate of drug-likeness (QED) is 0.776. The summed E-state index contributed by atoms with van der Waals surface area (Å²) in [6.07, 6.45) is 0.768. The molecule has 6 heteroatoms. The molecule has 5 nitrogen and oxygen atoms in total. The molecule has 1 heterocycles. The number of hydrogen-bond acceptors (Lipinski definition) is 3. The normalized spacial score (nSPS) is 10.8. The highest BCUT2D eigenvalue weighted by atomic mass is 19.1. The van der Waals surface area contributed by atoms with E-state index in [0.29, 0.717) is 35.4 Å². The van der Waals surface area contributed by atoms with Crippen LogP contribution in [-0.2, 0) is 11.3 Å². The molecule has 0 fully saturated rings. The third-order valence-electron chi connectivity index (χ3n) is 3.97. The van der Waals surface area contributed by atoms with Gasteiger partial charge in [0.15, 0.2) is 0 Å². The molecule has 3 rings (SSSR count). The molecule has 1 N–H and O–H groups in total. The average molecular weight is 339 g/mol. The number of amides is 1. The van der Waals surface area contributed by atoms with Gasteiger partial charge in [0.25, 0.3) is 5.56 Å². The minimum Gasteiger partial charge on any atom is -0.326 e. The summed E-state index contributed by atoms with van der Waals surface area (Å²) >= 11 is 0. The number of nitrogens with one attached hydrogen (secondary N) is 1. The summed E-state index contributed by atoms with van der Waals surface area (Å²) in [6.45, 7) is 2.20. The smallest absolute Gasteiger partial charge is 0.261 e. The maximum absolute atomic E-state index is 12.9. The largest absolute Gasteiger partial charge is 0.326 e. The summed E-state index contributed by atoms with van der Waals surface area (Å²) in [6, 6.07) is 12.8. The Bertz CT molecular complexity index is 965. The lowest BCUT2D eigenvalue weighted by molar-refractivity contribution is -0.116. The maximum Gasteiger partial charge on any atom is 0.261 e. The third kappa shape index (κ3) is 3.91. The van der Waals surface area contributed by atoms with Gasteiger partial charge in [-0.15, -0.1) is 0 Å². The monoisotopic (exact) mass is 339 g/mol. The van der Waals surface area contributed by atoms with Crippen LogP contribution < -0.4 is 10.9 Å². The standard InChI is InChI=1S/C19H18FN3O2/c1-13-21-17-6-3-2-5-16(17)19(25)23(13)12-4-7-18(24)22-15-10-8-14(20)9-11-15/h2-3,5-6,8-11H,4,7,12H2,1H3,(H,22,24). The molecule has 0 radical (unpaired) electrons. The zero-order chi connectivity index (χ0) is 17.8. The molecule has 128 valence electrons. The van der Waals surface area contributed by atoms with Crippen molar-refractivity contribution in [1.29, 1.82) is 0 Å². The number of hydrogen-bond donors (Lipinski definition) is 1. The Labute approximate surface area is 144 Å². The Balaban J connectivity index is 1.64. The van der Waals surface area contributed by atoms with E-state index in [1.54, 1.807) is 23.6 Å². The molecule has 25 heavy (non-hydrogen) atoms. The predicted octanol–water partition coefficient (Wildman–Crippen LogP) is 3.26. The van der Waals surface area contributed by atoms with Gasteiger partial charge in [0.1, 0.15) is 11.6 Å². The molecule has 0 aliphatic carbocycles. The SMILES string of the molecule is Cc1nc2ccccc2c(=O)n1CCCC(=O)Nc1ccc(F)cc1. The summed E-state index contributed by atoms with van der Waals surface area (Å²) in [5, 5.41) is 3.28. The van der Waals surface area contributed by atoms with E-state index < -0.39 is 0 Å². The van der Waals surface area contributed by atoms with Crippen LogP contribution in [0.2, 0.25) is 0 Å². The van der Waals surface area contributed by atoms with Crippen molar-refractivity contribution in [2.24, 2.45) is 0 Å². The Morgan fingerprint density at radius 2 is 1.88 bits per heavy atom. The van der Waals surface area contributed by atoms with E-state index in [9.17, 15) is 14.0 Å². The first-order valence-electron chi connectivity index (χ1n) is 8.06. The van der Waals surface area contributed by atoms with Crippen molar-refractivity contribution < 1.29 is 9.18 Å². The van der Waals surface area contributed by atoms with E-state index in [1.165, 1.54) is 24.3 Å². The van der Waals surface area contributed by atoms with Gasteiger partial charge in [-0.2, -0.15) is 0 Å². The summed E-state index contributed by atoms with van der Waals surface area (Å²) in [5.74, 6) is 0.102. The van der Waals surface area contributed by atoms with E-state index in [1.807, 2.05) is 12.1 Å². The van der Waals surface area contributed by atoms with E-state index in [-0.39, 0.29) is 23.7 Å². The van der Waals surface area contributed by atoms with Gasteiger partial charge in [-0.1, -0.05) is 12.1 Å². The van der Waals surface area contributed by atoms with Crippen molar-refractivity contribution in [1.82, 2.24) is 9.55 Å².